The fourth-order valence-electron chi connectivity index (χ4n) is 5.16. The number of aryl methyl sites for hydroxylation is 1. The molecule has 8 nitrogen and oxygen atoms in total. The molecule has 0 bridgehead atoms. The summed E-state index contributed by atoms with van der Waals surface area (Å²) in [6, 6.07) is 4.82. The standard InChI is InChI=1S/C21H26N4O4/c1-4-11(3)25-18(27)15-13(8-9-14(22)26)24-21(16(15)19(25)28)12-7-5-6-10(2)17(12)23-20(21)29/h5-7,11,13,15-16,24H,4,8-9H2,1-3H3,(H2,22,26)(H,23,29). The van der Waals surface area contributed by atoms with Gasteiger partial charge in [0, 0.05) is 29.8 Å². The molecule has 5 unspecified atom stereocenters. The van der Waals surface area contributed by atoms with Gasteiger partial charge in [-0.25, -0.2) is 0 Å². The Labute approximate surface area is 169 Å². The highest BCUT2D eigenvalue weighted by Gasteiger charge is 2.70. The van der Waals surface area contributed by atoms with E-state index in [0.717, 1.165) is 5.56 Å². The lowest BCUT2D eigenvalue weighted by Gasteiger charge is -2.31. The minimum Gasteiger partial charge on any atom is -0.370 e. The van der Waals surface area contributed by atoms with E-state index in [0.29, 0.717) is 24.1 Å². The fourth-order valence-corrected chi connectivity index (χ4v) is 5.16. The summed E-state index contributed by atoms with van der Waals surface area (Å²) in [4.78, 5) is 52.8. The van der Waals surface area contributed by atoms with Gasteiger partial charge in [-0.1, -0.05) is 25.1 Å². The Morgan fingerprint density at radius 3 is 2.66 bits per heavy atom. The normalized spacial score (nSPS) is 31.2. The molecule has 0 aliphatic carbocycles. The number of imide groups is 1. The van der Waals surface area contributed by atoms with E-state index in [1.807, 2.05) is 39.0 Å². The second-order valence-electron chi connectivity index (χ2n) is 8.32. The Morgan fingerprint density at radius 1 is 1.28 bits per heavy atom. The fraction of sp³-hybridized carbons (Fsp3) is 0.524. The van der Waals surface area contributed by atoms with Gasteiger partial charge < -0.3 is 11.1 Å². The van der Waals surface area contributed by atoms with Crippen molar-refractivity contribution in [2.24, 2.45) is 17.6 Å². The van der Waals surface area contributed by atoms with Crippen LogP contribution in [0.1, 0.15) is 44.2 Å². The quantitative estimate of drug-likeness (QED) is 0.633. The first-order chi connectivity index (χ1) is 13.7. The van der Waals surface area contributed by atoms with E-state index in [1.54, 1.807) is 0 Å². The van der Waals surface area contributed by atoms with Crippen molar-refractivity contribution in [1.82, 2.24) is 10.2 Å². The molecule has 2 fully saturated rings. The van der Waals surface area contributed by atoms with E-state index in [4.69, 9.17) is 5.73 Å². The van der Waals surface area contributed by atoms with Gasteiger partial charge >= 0.3 is 0 Å². The maximum Gasteiger partial charge on any atom is 0.250 e. The summed E-state index contributed by atoms with van der Waals surface area (Å²) in [5.41, 5.74) is 6.27. The number of para-hydroxylation sites is 1. The summed E-state index contributed by atoms with van der Waals surface area (Å²) in [5, 5.41) is 6.22. The van der Waals surface area contributed by atoms with Crippen molar-refractivity contribution in [3.63, 3.8) is 0 Å². The van der Waals surface area contributed by atoms with E-state index < -0.39 is 29.3 Å². The molecule has 4 rings (SSSR count). The number of anilines is 1. The summed E-state index contributed by atoms with van der Waals surface area (Å²) in [6.45, 7) is 5.64. The summed E-state index contributed by atoms with van der Waals surface area (Å²) < 4.78 is 0. The first-order valence-corrected chi connectivity index (χ1v) is 10.1. The lowest BCUT2D eigenvalue weighted by molar-refractivity contribution is -0.145. The highest BCUT2D eigenvalue weighted by molar-refractivity contribution is 6.15. The van der Waals surface area contributed by atoms with Gasteiger partial charge in [-0.15, -0.1) is 0 Å². The summed E-state index contributed by atoms with van der Waals surface area (Å²) in [5.74, 6) is -2.95. The molecule has 3 aliphatic heterocycles. The first-order valence-electron chi connectivity index (χ1n) is 10.1. The molecule has 3 aliphatic rings. The number of carbonyl (C=O) groups excluding carboxylic acids is 4. The third kappa shape index (κ3) is 2.55. The van der Waals surface area contributed by atoms with Crippen LogP contribution in [0.4, 0.5) is 5.69 Å². The number of hydrogen-bond donors (Lipinski definition) is 3. The van der Waals surface area contributed by atoms with Crippen LogP contribution in [0.5, 0.6) is 0 Å². The molecule has 1 aromatic carbocycles. The van der Waals surface area contributed by atoms with Gasteiger partial charge in [0.05, 0.1) is 11.8 Å². The van der Waals surface area contributed by atoms with Crippen molar-refractivity contribution in [2.75, 3.05) is 5.32 Å². The zero-order valence-electron chi connectivity index (χ0n) is 16.8. The predicted octanol–water partition coefficient (Wildman–Crippen LogP) is 0.779. The number of nitrogens with one attached hydrogen (secondary N) is 2. The van der Waals surface area contributed by atoms with E-state index in [1.165, 1.54) is 4.90 Å². The van der Waals surface area contributed by atoms with Gasteiger partial charge in [0.15, 0.2) is 0 Å². The molecule has 5 atom stereocenters. The van der Waals surface area contributed by atoms with Crippen LogP contribution in [-0.4, -0.2) is 40.6 Å². The summed E-state index contributed by atoms with van der Waals surface area (Å²) >= 11 is 0. The smallest absolute Gasteiger partial charge is 0.250 e. The van der Waals surface area contributed by atoms with Gasteiger partial charge in [-0.2, -0.15) is 0 Å². The number of nitrogens with zero attached hydrogens (tertiary/aromatic N) is 1. The molecule has 1 aromatic rings. The summed E-state index contributed by atoms with van der Waals surface area (Å²) in [6.07, 6.45) is 0.995. The molecule has 8 heteroatoms. The highest BCUT2D eigenvalue weighted by Crippen LogP contribution is 2.54. The van der Waals surface area contributed by atoms with Crippen LogP contribution in [0, 0.1) is 18.8 Å². The molecule has 0 radical (unpaired) electrons. The molecule has 4 N–H and O–H groups in total. The number of rotatable bonds is 5. The maximum atomic E-state index is 13.5. The van der Waals surface area contributed by atoms with Gasteiger partial charge in [-0.3, -0.25) is 29.4 Å². The van der Waals surface area contributed by atoms with Gasteiger partial charge in [0.1, 0.15) is 5.54 Å². The topological polar surface area (TPSA) is 122 Å². The molecule has 0 aromatic heterocycles. The number of amides is 4. The second kappa shape index (κ2) is 6.66. The minimum atomic E-state index is -1.32. The lowest BCUT2D eigenvalue weighted by Crippen LogP contribution is -2.54. The zero-order valence-corrected chi connectivity index (χ0v) is 16.8. The Bertz CT molecular complexity index is 929. The van der Waals surface area contributed by atoms with Crippen LogP contribution in [-0.2, 0) is 24.7 Å². The van der Waals surface area contributed by atoms with Crippen molar-refractivity contribution in [2.45, 2.75) is 57.7 Å². The first kappa shape index (κ1) is 19.6. The van der Waals surface area contributed by atoms with Crippen LogP contribution < -0.4 is 16.4 Å². The van der Waals surface area contributed by atoms with E-state index in [9.17, 15) is 19.2 Å². The monoisotopic (exact) mass is 398 g/mol. The predicted molar refractivity (Wildman–Crippen MR) is 105 cm³/mol. The Balaban J connectivity index is 1.86. The molecule has 154 valence electrons. The maximum absolute atomic E-state index is 13.5. The molecule has 1 spiro atoms. The SMILES string of the molecule is CCC(C)N1C(=O)C2C(CCC(N)=O)NC3(C(=O)Nc4c(C)cccc43)C2C1=O. The number of primary amides is 1. The average Bonchev–Trinajstić information content (AvgIpc) is 3.26. The van der Waals surface area contributed by atoms with Crippen molar-refractivity contribution in [3.05, 3.63) is 29.3 Å². The van der Waals surface area contributed by atoms with Gasteiger partial charge in [0.2, 0.25) is 23.6 Å². The van der Waals surface area contributed by atoms with Crippen molar-refractivity contribution >= 4 is 29.3 Å². The van der Waals surface area contributed by atoms with E-state index >= 15 is 0 Å². The number of fused-ring (bicyclic) bond motifs is 4. The second-order valence-corrected chi connectivity index (χ2v) is 8.32. The van der Waals surface area contributed by atoms with E-state index in [2.05, 4.69) is 10.6 Å². The molecule has 2 saturated heterocycles. The minimum absolute atomic E-state index is 0.0735. The van der Waals surface area contributed by atoms with Crippen molar-refractivity contribution < 1.29 is 19.2 Å². The average molecular weight is 398 g/mol. The largest absolute Gasteiger partial charge is 0.370 e. The molecular weight excluding hydrogens is 372 g/mol. The number of likely N-dealkylation sites (tertiary alicyclic amines) is 1. The van der Waals surface area contributed by atoms with Crippen LogP contribution in [0.25, 0.3) is 0 Å². The third-order valence-corrected chi connectivity index (χ3v) is 6.73. The molecular formula is C21H26N4O4. The number of hydrogen-bond acceptors (Lipinski definition) is 5. The van der Waals surface area contributed by atoms with E-state index in [-0.39, 0.29) is 30.2 Å². The van der Waals surface area contributed by atoms with Gasteiger partial charge in [-0.05, 0) is 32.3 Å². The van der Waals surface area contributed by atoms with Crippen LogP contribution >= 0.6 is 0 Å². The molecule has 3 heterocycles. The van der Waals surface area contributed by atoms with Crippen LogP contribution in [0.2, 0.25) is 0 Å². The lowest BCUT2D eigenvalue weighted by atomic mass is 9.76. The Kier molecular flexibility index (Phi) is 4.49. The third-order valence-electron chi connectivity index (χ3n) is 6.73. The van der Waals surface area contributed by atoms with Crippen LogP contribution in [0.15, 0.2) is 18.2 Å². The van der Waals surface area contributed by atoms with Crippen LogP contribution in [0.3, 0.4) is 0 Å². The highest BCUT2D eigenvalue weighted by atomic mass is 16.2. The van der Waals surface area contributed by atoms with Crippen molar-refractivity contribution in [1.29, 1.82) is 0 Å². The Morgan fingerprint density at radius 2 is 2.00 bits per heavy atom. The van der Waals surface area contributed by atoms with Gasteiger partial charge in [0.25, 0.3) is 0 Å². The Hall–Kier alpha value is -2.74. The molecule has 4 amide bonds. The van der Waals surface area contributed by atoms with Crippen molar-refractivity contribution in [3.8, 4) is 0 Å². The summed E-state index contributed by atoms with van der Waals surface area (Å²) in [7, 11) is 0. The number of carbonyl (C=O) groups is 4. The number of benzene rings is 1. The number of nitrogens with two attached hydrogens (primary N) is 1. The molecule has 0 saturated carbocycles. The molecule has 29 heavy (non-hydrogen) atoms. The zero-order chi connectivity index (χ0) is 21.1.